The lowest BCUT2D eigenvalue weighted by molar-refractivity contribution is 0.340. The van der Waals surface area contributed by atoms with Crippen LogP contribution in [0.4, 0.5) is 0 Å². The van der Waals surface area contributed by atoms with Crippen LogP contribution in [0.25, 0.3) is 0 Å². The van der Waals surface area contributed by atoms with Crippen LogP contribution < -0.4 is 15.4 Å². The Bertz CT molecular complexity index is 613. The molecule has 0 amide bonds. The summed E-state index contributed by atoms with van der Waals surface area (Å²) in [6.45, 7) is 6.86. The van der Waals surface area contributed by atoms with Gasteiger partial charge in [0.1, 0.15) is 5.75 Å². The molecule has 0 spiro atoms. The number of thiocarbonyl (C=S) groups is 1. The summed E-state index contributed by atoms with van der Waals surface area (Å²) < 4.78 is 5.46. The fourth-order valence-corrected chi connectivity index (χ4v) is 2.72. The number of hydrogen-bond acceptors (Lipinski definition) is 2. The summed E-state index contributed by atoms with van der Waals surface area (Å²) in [4.78, 5) is 0. The van der Waals surface area contributed by atoms with E-state index in [0.29, 0.717) is 11.7 Å². The average molecular weight is 328 g/mol. The third-order valence-corrected chi connectivity index (χ3v) is 3.92. The fourth-order valence-electron chi connectivity index (χ4n) is 2.36. The van der Waals surface area contributed by atoms with Crippen LogP contribution in [-0.4, -0.2) is 11.7 Å². The molecule has 0 aliphatic carbocycles. The zero-order chi connectivity index (χ0) is 16.7. The van der Waals surface area contributed by atoms with E-state index in [1.54, 1.807) is 0 Å². The molecule has 0 saturated heterocycles. The summed E-state index contributed by atoms with van der Waals surface area (Å²) in [6.07, 6.45) is 0. The monoisotopic (exact) mass is 328 g/mol. The molecular formula is C19H24N2OS. The van der Waals surface area contributed by atoms with Crippen molar-refractivity contribution in [2.75, 3.05) is 6.61 Å². The van der Waals surface area contributed by atoms with Gasteiger partial charge in [-0.1, -0.05) is 42.5 Å². The first-order valence-corrected chi connectivity index (χ1v) is 8.35. The Morgan fingerprint density at radius 1 is 0.913 bits per heavy atom. The van der Waals surface area contributed by atoms with Gasteiger partial charge >= 0.3 is 0 Å². The molecule has 0 aromatic heterocycles. The van der Waals surface area contributed by atoms with Crippen molar-refractivity contribution in [1.29, 1.82) is 0 Å². The molecule has 2 N–H and O–H groups in total. The van der Waals surface area contributed by atoms with Gasteiger partial charge in [0.25, 0.3) is 0 Å². The number of nitrogens with one attached hydrogen (secondary N) is 2. The van der Waals surface area contributed by atoms with Crippen LogP contribution >= 0.6 is 12.2 Å². The molecule has 2 rings (SSSR count). The second-order valence-electron chi connectivity index (χ2n) is 5.47. The number of ether oxygens (including phenoxy) is 1. The highest BCUT2D eigenvalue weighted by Gasteiger charge is 2.10. The van der Waals surface area contributed by atoms with Crippen LogP contribution in [0.1, 0.15) is 44.0 Å². The van der Waals surface area contributed by atoms with Gasteiger partial charge in [0.2, 0.25) is 0 Å². The molecule has 0 aliphatic heterocycles. The van der Waals surface area contributed by atoms with E-state index in [1.165, 1.54) is 11.1 Å². The lowest BCUT2D eigenvalue weighted by Crippen LogP contribution is -2.38. The van der Waals surface area contributed by atoms with Gasteiger partial charge in [0.05, 0.1) is 18.7 Å². The highest BCUT2D eigenvalue weighted by Crippen LogP contribution is 2.18. The van der Waals surface area contributed by atoms with Crippen LogP contribution in [0.15, 0.2) is 54.6 Å². The Morgan fingerprint density at radius 3 is 1.96 bits per heavy atom. The third kappa shape index (κ3) is 5.25. The predicted molar refractivity (Wildman–Crippen MR) is 99.8 cm³/mol. The first-order valence-electron chi connectivity index (χ1n) is 7.95. The van der Waals surface area contributed by atoms with E-state index in [2.05, 4.69) is 48.7 Å². The van der Waals surface area contributed by atoms with Crippen LogP contribution in [0.5, 0.6) is 5.75 Å². The summed E-state index contributed by atoms with van der Waals surface area (Å²) in [5.41, 5.74) is 2.38. The zero-order valence-corrected chi connectivity index (χ0v) is 14.7. The van der Waals surface area contributed by atoms with Gasteiger partial charge < -0.3 is 15.4 Å². The van der Waals surface area contributed by atoms with Crippen molar-refractivity contribution in [3.63, 3.8) is 0 Å². The fraction of sp³-hybridized carbons (Fsp3) is 0.316. The minimum absolute atomic E-state index is 0.133. The molecule has 23 heavy (non-hydrogen) atoms. The van der Waals surface area contributed by atoms with E-state index in [1.807, 2.05) is 37.3 Å². The SMILES string of the molecule is CCOc1ccc(C(C)NC(=S)NC(C)c2ccccc2)cc1. The molecule has 0 radical (unpaired) electrons. The van der Waals surface area contributed by atoms with Crippen molar-refractivity contribution in [2.24, 2.45) is 0 Å². The Labute approximate surface area is 144 Å². The van der Waals surface area contributed by atoms with Crippen molar-refractivity contribution in [2.45, 2.75) is 32.9 Å². The van der Waals surface area contributed by atoms with Crippen molar-refractivity contribution in [1.82, 2.24) is 10.6 Å². The number of rotatable bonds is 6. The normalized spacial score (nSPS) is 13.0. The van der Waals surface area contributed by atoms with E-state index in [-0.39, 0.29) is 12.1 Å². The quantitative estimate of drug-likeness (QED) is 0.772. The molecule has 0 saturated carbocycles. The maximum atomic E-state index is 5.46. The van der Waals surface area contributed by atoms with Gasteiger partial charge in [-0.15, -0.1) is 0 Å². The Morgan fingerprint density at radius 2 is 1.43 bits per heavy atom. The molecule has 2 aromatic carbocycles. The standard InChI is InChI=1S/C19H24N2OS/c1-4-22-18-12-10-17(11-13-18)15(3)21-19(23)20-14(2)16-8-6-5-7-9-16/h5-15H,4H2,1-3H3,(H2,20,21,23). The van der Waals surface area contributed by atoms with Crippen LogP contribution in [0.2, 0.25) is 0 Å². The molecule has 0 heterocycles. The predicted octanol–water partition coefficient (Wildman–Crippen LogP) is 4.37. The largest absolute Gasteiger partial charge is 0.494 e. The van der Waals surface area contributed by atoms with Gasteiger partial charge in [0, 0.05) is 0 Å². The summed E-state index contributed by atoms with van der Waals surface area (Å²) in [5, 5.41) is 7.31. The average Bonchev–Trinajstić information content (AvgIpc) is 2.56. The zero-order valence-electron chi connectivity index (χ0n) is 13.9. The second kappa shape index (κ2) is 8.53. The van der Waals surface area contributed by atoms with E-state index >= 15 is 0 Å². The number of benzene rings is 2. The maximum Gasteiger partial charge on any atom is 0.167 e. The highest BCUT2D eigenvalue weighted by molar-refractivity contribution is 7.80. The minimum Gasteiger partial charge on any atom is -0.494 e. The maximum absolute atomic E-state index is 5.46. The van der Waals surface area contributed by atoms with Crippen molar-refractivity contribution in [3.05, 3.63) is 65.7 Å². The molecule has 122 valence electrons. The molecular weight excluding hydrogens is 304 g/mol. The topological polar surface area (TPSA) is 33.3 Å². The van der Waals surface area contributed by atoms with Crippen LogP contribution in [0.3, 0.4) is 0 Å². The van der Waals surface area contributed by atoms with Gasteiger partial charge in [0.15, 0.2) is 5.11 Å². The Kier molecular flexibility index (Phi) is 6.41. The van der Waals surface area contributed by atoms with E-state index in [4.69, 9.17) is 17.0 Å². The van der Waals surface area contributed by atoms with Gasteiger partial charge in [-0.2, -0.15) is 0 Å². The van der Waals surface area contributed by atoms with E-state index in [9.17, 15) is 0 Å². The Hall–Kier alpha value is -2.07. The lowest BCUT2D eigenvalue weighted by Gasteiger charge is -2.21. The van der Waals surface area contributed by atoms with Crippen LogP contribution in [0, 0.1) is 0 Å². The molecule has 2 aromatic rings. The summed E-state index contributed by atoms with van der Waals surface area (Å²) in [5.74, 6) is 0.891. The molecule has 4 heteroatoms. The van der Waals surface area contributed by atoms with E-state index in [0.717, 1.165) is 5.75 Å². The molecule has 3 nitrogen and oxygen atoms in total. The second-order valence-corrected chi connectivity index (χ2v) is 5.88. The molecule has 2 unspecified atom stereocenters. The Balaban J connectivity index is 1.89. The van der Waals surface area contributed by atoms with Crippen LogP contribution in [-0.2, 0) is 0 Å². The van der Waals surface area contributed by atoms with Crippen molar-refractivity contribution in [3.8, 4) is 5.75 Å². The molecule has 0 aliphatic rings. The molecule has 0 fully saturated rings. The summed E-state index contributed by atoms with van der Waals surface area (Å²) >= 11 is 5.43. The highest BCUT2D eigenvalue weighted by atomic mass is 32.1. The van der Waals surface area contributed by atoms with Crippen molar-refractivity contribution < 1.29 is 4.74 Å². The smallest absolute Gasteiger partial charge is 0.167 e. The molecule has 2 atom stereocenters. The minimum atomic E-state index is 0.133. The third-order valence-electron chi connectivity index (χ3n) is 3.69. The first kappa shape index (κ1) is 17.3. The van der Waals surface area contributed by atoms with Gasteiger partial charge in [-0.05, 0) is 56.2 Å². The lowest BCUT2D eigenvalue weighted by atomic mass is 10.1. The summed E-state index contributed by atoms with van der Waals surface area (Å²) in [6, 6.07) is 18.7. The number of hydrogen-bond donors (Lipinski definition) is 2. The van der Waals surface area contributed by atoms with Gasteiger partial charge in [-0.3, -0.25) is 0 Å². The summed E-state index contributed by atoms with van der Waals surface area (Å²) in [7, 11) is 0. The van der Waals surface area contributed by atoms with Crippen molar-refractivity contribution >= 4 is 17.3 Å². The molecule has 0 bridgehead atoms. The van der Waals surface area contributed by atoms with E-state index < -0.39 is 0 Å². The first-order chi connectivity index (χ1) is 11.1. The van der Waals surface area contributed by atoms with Gasteiger partial charge in [-0.25, -0.2) is 0 Å².